The van der Waals surface area contributed by atoms with Crippen LogP contribution in [0.15, 0.2) is 67.1 Å². The van der Waals surface area contributed by atoms with Gasteiger partial charge in [-0.05, 0) is 74.5 Å². The Morgan fingerprint density at radius 1 is 1.03 bits per heavy atom. The minimum Gasteiger partial charge on any atom is -0.340 e. The van der Waals surface area contributed by atoms with E-state index < -0.39 is 0 Å². The molecular weight excluding hydrogens is 474 g/mol. The number of hydrogen-bond donors (Lipinski definition) is 0. The number of urea groups is 1. The lowest BCUT2D eigenvalue weighted by Crippen LogP contribution is -2.53. The zero-order valence-electron chi connectivity index (χ0n) is 21.6. The van der Waals surface area contributed by atoms with E-state index in [4.69, 9.17) is 10.2 Å². The molecule has 38 heavy (non-hydrogen) atoms. The van der Waals surface area contributed by atoms with Crippen LogP contribution < -0.4 is 4.90 Å². The topological polar surface area (TPSA) is 73.3 Å². The van der Waals surface area contributed by atoms with Gasteiger partial charge in [0.15, 0.2) is 5.82 Å². The van der Waals surface area contributed by atoms with E-state index in [1.807, 2.05) is 41.6 Å². The lowest BCUT2D eigenvalue weighted by atomic mass is 9.85. The lowest BCUT2D eigenvalue weighted by Gasteiger charge is -2.43. The van der Waals surface area contributed by atoms with Crippen molar-refractivity contribution < 1.29 is 4.79 Å². The summed E-state index contributed by atoms with van der Waals surface area (Å²) in [7, 11) is 4.23. The fraction of sp³-hybridized carbons (Fsp3) is 0.300. The van der Waals surface area contributed by atoms with Gasteiger partial charge in [-0.3, -0.25) is 9.47 Å². The number of nitriles is 1. The van der Waals surface area contributed by atoms with Crippen molar-refractivity contribution in [1.82, 2.24) is 23.9 Å². The van der Waals surface area contributed by atoms with Gasteiger partial charge in [0.2, 0.25) is 0 Å². The standard InChI is InChI=1S/C30H29N7O/c1-33(2)25-15-26(16-25)36-12-11-35(30(36)38)24-7-8-27-23(13-24)19-34-18-22(21-5-3-20(17-31)4-6-21)14-28(34)29-32-9-10-37(27)29/h3-10,13-14,18,25-26H,11-12,15-16,19H2,1-2H3/t25-,26+. The molecule has 4 aromatic rings. The van der Waals surface area contributed by atoms with E-state index in [-0.39, 0.29) is 6.03 Å². The number of carbonyl (C=O) groups is 1. The molecule has 2 aliphatic heterocycles. The molecular formula is C30H29N7O. The van der Waals surface area contributed by atoms with Crippen LogP contribution in [0.1, 0.15) is 24.0 Å². The Hall–Kier alpha value is -4.35. The number of aromatic nitrogens is 3. The van der Waals surface area contributed by atoms with Crippen molar-refractivity contribution in [2.75, 3.05) is 32.1 Å². The second-order valence-corrected chi connectivity index (χ2v) is 10.7. The summed E-state index contributed by atoms with van der Waals surface area (Å²) in [5, 5.41) is 9.15. The van der Waals surface area contributed by atoms with E-state index >= 15 is 0 Å². The van der Waals surface area contributed by atoms with Crippen LogP contribution in [0.2, 0.25) is 0 Å². The maximum atomic E-state index is 13.4. The average Bonchev–Trinajstić information content (AvgIpc) is 3.61. The van der Waals surface area contributed by atoms with Crippen molar-refractivity contribution >= 4 is 11.7 Å². The molecule has 4 heterocycles. The molecule has 8 heteroatoms. The summed E-state index contributed by atoms with van der Waals surface area (Å²) in [6, 6.07) is 19.4. The van der Waals surface area contributed by atoms with Gasteiger partial charge in [0.05, 0.1) is 23.0 Å². The lowest BCUT2D eigenvalue weighted by molar-refractivity contribution is 0.0847. The first-order valence-corrected chi connectivity index (χ1v) is 13.1. The molecule has 2 aromatic carbocycles. The van der Waals surface area contributed by atoms with Crippen LogP contribution >= 0.6 is 0 Å². The summed E-state index contributed by atoms with van der Waals surface area (Å²) in [6.45, 7) is 2.17. The second-order valence-electron chi connectivity index (χ2n) is 10.7. The highest BCUT2D eigenvalue weighted by atomic mass is 16.2. The molecule has 2 aromatic heterocycles. The zero-order valence-corrected chi connectivity index (χ0v) is 21.6. The molecule has 2 fully saturated rings. The Morgan fingerprint density at radius 2 is 1.84 bits per heavy atom. The summed E-state index contributed by atoms with van der Waals surface area (Å²) in [5.74, 6) is 0.889. The summed E-state index contributed by atoms with van der Waals surface area (Å²) >= 11 is 0. The molecule has 3 aliphatic rings. The predicted octanol–water partition coefficient (Wildman–Crippen LogP) is 4.58. The SMILES string of the molecule is CN(C)[C@H]1C[C@@H](N2CCN(c3ccc4c(c3)Cn3cc(-c5ccc(C#N)cc5)cc3-c3nccn3-4)C2=O)C1. The normalized spacial score (nSPS) is 20.0. The van der Waals surface area contributed by atoms with Gasteiger partial charge in [0.25, 0.3) is 0 Å². The predicted molar refractivity (Wildman–Crippen MR) is 146 cm³/mol. The van der Waals surface area contributed by atoms with Crippen molar-refractivity contribution in [3.05, 3.63) is 78.2 Å². The average molecular weight is 504 g/mol. The Balaban J connectivity index is 1.20. The molecule has 1 aliphatic carbocycles. The van der Waals surface area contributed by atoms with E-state index in [0.717, 1.165) is 59.0 Å². The molecule has 7 rings (SSSR count). The highest BCUT2D eigenvalue weighted by Crippen LogP contribution is 2.37. The van der Waals surface area contributed by atoms with Crippen molar-refractivity contribution in [2.45, 2.75) is 31.5 Å². The van der Waals surface area contributed by atoms with E-state index in [0.29, 0.717) is 30.7 Å². The number of anilines is 1. The second kappa shape index (κ2) is 8.61. The van der Waals surface area contributed by atoms with Gasteiger partial charge in [0, 0.05) is 61.6 Å². The molecule has 0 unspecified atom stereocenters. The number of carbonyl (C=O) groups excluding carboxylic acids is 1. The van der Waals surface area contributed by atoms with Gasteiger partial charge < -0.3 is 14.4 Å². The minimum absolute atomic E-state index is 0.119. The Labute approximate surface area is 221 Å². The fourth-order valence-electron chi connectivity index (χ4n) is 6.06. The molecule has 2 amide bonds. The van der Waals surface area contributed by atoms with E-state index in [2.05, 4.69) is 69.6 Å². The first-order chi connectivity index (χ1) is 18.5. The molecule has 190 valence electrons. The van der Waals surface area contributed by atoms with Crippen molar-refractivity contribution in [3.8, 4) is 34.4 Å². The van der Waals surface area contributed by atoms with Crippen molar-refractivity contribution in [1.29, 1.82) is 5.26 Å². The molecule has 0 bridgehead atoms. The van der Waals surface area contributed by atoms with Crippen LogP contribution in [0.3, 0.4) is 0 Å². The van der Waals surface area contributed by atoms with Crippen LogP contribution in [-0.4, -0.2) is 69.2 Å². The first kappa shape index (κ1) is 22.8. The third-order valence-corrected chi connectivity index (χ3v) is 8.39. The van der Waals surface area contributed by atoms with Gasteiger partial charge in [-0.25, -0.2) is 9.78 Å². The third-order valence-electron chi connectivity index (χ3n) is 8.39. The Morgan fingerprint density at radius 3 is 2.61 bits per heavy atom. The van der Waals surface area contributed by atoms with Crippen molar-refractivity contribution in [3.63, 3.8) is 0 Å². The van der Waals surface area contributed by atoms with Crippen LogP contribution in [0.25, 0.3) is 28.3 Å². The molecule has 1 saturated carbocycles. The van der Waals surface area contributed by atoms with Gasteiger partial charge in [-0.15, -0.1) is 0 Å². The van der Waals surface area contributed by atoms with Crippen LogP contribution in [-0.2, 0) is 6.54 Å². The quantitative estimate of drug-likeness (QED) is 0.360. The third kappa shape index (κ3) is 3.54. The number of nitrogens with zero attached hydrogens (tertiary/aromatic N) is 7. The van der Waals surface area contributed by atoms with Gasteiger partial charge in [-0.2, -0.15) is 5.26 Å². The maximum absolute atomic E-state index is 13.4. The highest BCUT2D eigenvalue weighted by Gasteiger charge is 2.41. The minimum atomic E-state index is 0.119. The number of rotatable bonds is 4. The number of imidazole rings is 1. The molecule has 1 saturated heterocycles. The Kier molecular flexibility index (Phi) is 5.17. The fourth-order valence-corrected chi connectivity index (χ4v) is 6.06. The van der Waals surface area contributed by atoms with Gasteiger partial charge >= 0.3 is 6.03 Å². The first-order valence-electron chi connectivity index (χ1n) is 13.1. The molecule has 0 spiro atoms. The largest absolute Gasteiger partial charge is 0.340 e. The van der Waals surface area contributed by atoms with E-state index in [1.54, 1.807) is 0 Å². The van der Waals surface area contributed by atoms with E-state index in [1.165, 1.54) is 0 Å². The summed E-state index contributed by atoms with van der Waals surface area (Å²) in [4.78, 5) is 24.4. The summed E-state index contributed by atoms with van der Waals surface area (Å²) in [5.41, 5.74) is 7.01. The molecule has 0 atom stereocenters. The van der Waals surface area contributed by atoms with Crippen LogP contribution in [0.4, 0.5) is 10.5 Å². The smallest absolute Gasteiger partial charge is 0.324 e. The van der Waals surface area contributed by atoms with Gasteiger partial charge in [0.1, 0.15) is 0 Å². The van der Waals surface area contributed by atoms with Crippen molar-refractivity contribution in [2.24, 2.45) is 0 Å². The maximum Gasteiger partial charge on any atom is 0.324 e. The highest BCUT2D eigenvalue weighted by molar-refractivity contribution is 5.94. The van der Waals surface area contributed by atoms with Crippen LogP contribution in [0.5, 0.6) is 0 Å². The molecule has 0 N–H and O–H groups in total. The summed E-state index contributed by atoms with van der Waals surface area (Å²) < 4.78 is 4.37. The monoisotopic (exact) mass is 503 g/mol. The number of amides is 2. The Bertz CT molecular complexity index is 1580. The van der Waals surface area contributed by atoms with Crippen LogP contribution in [0, 0.1) is 11.3 Å². The van der Waals surface area contributed by atoms with E-state index in [9.17, 15) is 4.79 Å². The number of hydrogen-bond acceptors (Lipinski definition) is 4. The van der Waals surface area contributed by atoms with Gasteiger partial charge in [-0.1, -0.05) is 12.1 Å². The zero-order chi connectivity index (χ0) is 26.0. The molecule has 0 radical (unpaired) electrons. The summed E-state index contributed by atoms with van der Waals surface area (Å²) in [6.07, 6.45) is 8.09. The number of fused-ring (bicyclic) bond motifs is 5. The number of benzene rings is 2. The molecule has 8 nitrogen and oxygen atoms in total.